The van der Waals surface area contributed by atoms with E-state index in [0.717, 1.165) is 22.4 Å². The zero-order valence-electron chi connectivity index (χ0n) is 16.0. The number of rotatable bonds is 6. The molecule has 148 valence electrons. The van der Waals surface area contributed by atoms with Crippen LogP contribution in [0.25, 0.3) is 11.1 Å². The summed E-state index contributed by atoms with van der Waals surface area (Å²) in [6, 6.07) is 13.4. The van der Waals surface area contributed by atoms with Crippen molar-refractivity contribution in [2.45, 2.75) is 20.4 Å². The van der Waals surface area contributed by atoms with Crippen molar-refractivity contribution in [2.24, 2.45) is 0 Å². The molecule has 1 N–H and O–H groups in total. The summed E-state index contributed by atoms with van der Waals surface area (Å²) >= 11 is 1.10. The number of hydrogen-bond acceptors (Lipinski definition) is 6. The molecule has 0 fully saturated rings. The number of nitrogens with zero attached hydrogens (tertiary/aromatic N) is 2. The third kappa shape index (κ3) is 3.79. The van der Waals surface area contributed by atoms with Crippen LogP contribution in [0, 0.1) is 6.92 Å². The number of ether oxygens (including phenoxy) is 1. The van der Waals surface area contributed by atoms with E-state index in [9.17, 15) is 9.59 Å². The Balaban J connectivity index is 1.62. The van der Waals surface area contributed by atoms with Crippen molar-refractivity contribution in [3.05, 3.63) is 70.6 Å². The number of fused-ring (bicyclic) bond motifs is 1. The molecule has 1 amide bonds. The monoisotopic (exact) mass is 409 g/mol. The summed E-state index contributed by atoms with van der Waals surface area (Å²) in [6.07, 6.45) is 1.60. The number of hydrogen-bond donors (Lipinski definition) is 1. The molecule has 29 heavy (non-hydrogen) atoms. The van der Waals surface area contributed by atoms with E-state index in [0.29, 0.717) is 33.5 Å². The van der Waals surface area contributed by atoms with Crippen LogP contribution < -0.4 is 5.32 Å². The molecule has 1 aromatic carbocycles. The van der Waals surface area contributed by atoms with E-state index >= 15 is 0 Å². The minimum absolute atomic E-state index is 0.282. The van der Waals surface area contributed by atoms with Gasteiger partial charge in [0.15, 0.2) is 10.7 Å². The number of anilines is 1. The van der Waals surface area contributed by atoms with Crippen molar-refractivity contribution in [3.63, 3.8) is 0 Å². The molecule has 0 radical (unpaired) electrons. The number of aromatic nitrogens is 2. The molecule has 0 aliphatic heterocycles. The van der Waals surface area contributed by atoms with Crippen LogP contribution in [0.4, 0.5) is 5.13 Å². The van der Waals surface area contributed by atoms with Crippen molar-refractivity contribution in [2.75, 3.05) is 11.9 Å². The third-order valence-corrected chi connectivity index (χ3v) is 5.47. The second-order valence-corrected chi connectivity index (χ2v) is 7.38. The highest BCUT2D eigenvalue weighted by Gasteiger charge is 2.21. The van der Waals surface area contributed by atoms with Crippen molar-refractivity contribution in [1.82, 2.24) is 9.55 Å². The number of benzene rings is 1. The van der Waals surface area contributed by atoms with E-state index in [-0.39, 0.29) is 12.5 Å². The summed E-state index contributed by atoms with van der Waals surface area (Å²) in [6.45, 7) is 4.26. The van der Waals surface area contributed by atoms with Gasteiger partial charge in [-0.05, 0) is 19.4 Å². The first-order chi connectivity index (χ1) is 14.1. The van der Waals surface area contributed by atoms with Gasteiger partial charge >= 0.3 is 5.97 Å². The Morgan fingerprint density at radius 1 is 1.24 bits per heavy atom. The molecule has 8 heteroatoms. The minimum Gasteiger partial charge on any atom is -0.463 e. The van der Waals surface area contributed by atoms with E-state index in [4.69, 9.17) is 9.15 Å². The van der Waals surface area contributed by atoms with Crippen LogP contribution in [0.15, 0.2) is 53.1 Å². The van der Waals surface area contributed by atoms with E-state index in [1.165, 1.54) is 0 Å². The zero-order chi connectivity index (χ0) is 20.4. The van der Waals surface area contributed by atoms with Gasteiger partial charge in [-0.15, -0.1) is 0 Å². The van der Waals surface area contributed by atoms with Crippen LogP contribution in [-0.2, 0) is 11.3 Å². The van der Waals surface area contributed by atoms with E-state index in [2.05, 4.69) is 10.3 Å². The van der Waals surface area contributed by atoms with Crippen molar-refractivity contribution in [1.29, 1.82) is 0 Å². The van der Waals surface area contributed by atoms with Gasteiger partial charge in [0.05, 0.1) is 24.1 Å². The average Bonchev–Trinajstić information content (AvgIpc) is 3.39. The Morgan fingerprint density at radius 2 is 2.03 bits per heavy atom. The van der Waals surface area contributed by atoms with E-state index in [1.54, 1.807) is 26.2 Å². The molecule has 0 atom stereocenters. The first-order valence-corrected chi connectivity index (χ1v) is 9.95. The van der Waals surface area contributed by atoms with Crippen molar-refractivity contribution in [3.8, 4) is 0 Å². The number of amides is 1. The molecular formula is C21H19N3O4S. The highest BCUT2D eigenvalue weighted by atomic mass is 32.1. The molecular weight excluding hydrogens is 390 g/mol. The maximum atomic E-state index is 13.0. The molecule has 3 heterocycles. The topological polar surface area (TPSA) is 86.4 Å². The standard InChI is InChI=1S/C21H19N3O4S/c1-3-27-20(26)18-13(2)22-21(29-18)23-19(25)16-11-17-15(9-10-28-17)24(16)12-14-7-5-4-6-8-14/h4-11H,3,12H2,1-2H3,(H,22,23,25). The second kappa shape index (κ2) is 7.92. The summed E-state index contributed by atoms with van der Waals surface area (Å²) in [5.74, 6) is -0.760. The van der Waals surface area contributed by atoms with E-state index < -0.39 is 5.97 Å². The molecule has 0 saturated heterocycles. The largest absolute Gasteiger partial charge is 0.463 e. The number of thiazole rings is 1. The SMILES string of the molecule is CCOC(=O)c1sc(NC(=O)c2cc3occc3n2Cc2ccccc2)nc1C. The van der Waals surface area contributed by atoms with Crippen LogP contribution in [-0.4, -0.2) is 28.0 Å². The Labute approximate surface area is 170 Å². The lowest BCUT2D eigenvalue weighted by Crippen LogP contribution is -2.17. The molecule has 0 spiro atoms. The van der Waals surface area contributed by atoms with E-state index in [1.807, 2.05) is 41.0 Å². The summed E-state index contributed by atoms with van der Waals surface area (Å²) in [5, 5.41) is 3.14. The Hall–Kier alpha value is -3.39. The van der Waals surface area contributed by atoms with Gasteiger partial charge in [-0.2, -0.15) is 0 Å². The molecule has 7 nitrogen and oxygen atoms in total. The molecule has 0 saturated carbocycles. The van der Waals surface area contributed by atoms with Crippen LogP contribution >= 0.6 is 11.3 Å². The fraction of sp³-hybridized carbons (Fsp3) is 0.190. The summed E-state index contributed by atoms with van der Waals surface area (Å²) in [7, 11) is 0. The number of furan rings is 1. The quantitative estimate of drug-likeness (QED) is 0.475. The normalized spacial score (nSPS) is 11.0. The number of carbonyl (C=O) groups excluding carboxylic acids is 2. The number of aryl methyl sites for hydroxylation is 1. The fourth-order valence-corrected chi connectivity index (χ4v) is 3.95. The van der Waals surface area contributed by atoms with Gasteiger partial charge in [0.25, 0.3) is 5.91 Å². The van der Waals surface area contributed by atoms with Crippen LogP contribution in [0.3, 0.4) is 0 Å². The lowest BCUT2D eigenvalue weighted by molar-refractivity contribution is 0.0531. The molecule has 0 aliphatic carbocycles. The predicted octanol–water partition coefficient (Wildman–Crippen LogP) is 4.48. The number of nitrogens with one attached hydrogen (secondary N) is 1. The van der Waals surface area contributed by atoms with Gasteiger partial charge in [-0.25, -0.2) is 9.78 Å². The maximum absolute atomic E-state index is 13.0. The Bertz CT molecular complexity index is 1170. The van der Waals surface area contributed by atoms with Crippen LogP contribution in [0.2, 0.25) is 0 Å². The van der Waals surface area contributed by atoms with Crippen LogP contribution in [0.1, 0.15) is 38.3 Å². The van der Waals surface area contributed by atoms with Crippen molar-refractivity contribution >= 4 is 39.4 Å². The summed E-state index contributed by atoms with van der Waals surface area (Å²) < 4.78 is 12.4. The lowest BCUT2D eigenvalue weighted by atomic mass is 10.2. The maximum Gasteiger partial charge on any atom is 0.350 e. The summed E-state index contributed by atoms with van der Waals surface area (Å²) in [5.41, 5.74) is 3.51. The molecule has 0 unspecified atom stereocenters. The minimum atomic E-state index is -0.437. The molecule has 4 rings (SSSR count). The summed E-state index contributed by atoms with van der Waals surface area (Å²) in [4.78, 5) is 29.7. The van der Waals surface area contributed by atoms with Crippen molar-refractivity contribution < 1.29 is 18.7 Å². The number of carbonyl (C=O) groups is 2. The van der Waals surface area contributed by atoms with Gasteiger partial charge in [0.2, 0.25) is 0 Å². The average molecular weight is 409 g/mol. The van der Waals surface area contributed by atoms with Gasteiger partial charge in [0, 0.05) is 18.7 Å². The fourth-order valence-electron chi connectivity index (χ4n) is 3.10. The predicted molar refractivity (Wildman–Crippen MR) is 111 cm³/mol. The van der Waals surface area contributed by atoms with Gasteiger partial charge < -0.3 is 13.7 Å². The Kier molecular flexibility index (Phi) is 5.18. The Morgan fingerprint density at radius 3 is 2.79 bits per heavy atom. The molecule has 0 aliphatic rings. The number of esters is 1. The van der Waals surface area contributed by atoms with Gasteiger partial charge in [-0.3, -0.25) is 10.1 Å². The second-order valence-electron chi connectivity index (χ2n) is 6.38. The molecule has 4 aromatic rings. The van der Waals surface area contributed by atoms with Crippen LogP contribution in [0.5, 0.6) is 0 Å². The zero-order valence-corrected chi connectivity index (χ0v) is 16.8. The first kappa shape index (κ1) is 18.9. The van der Waals surface area contributed by atoms with Gasteiger partial charge in [0.1, 0.15) is 10.6 Å². The lowest BCUT2D eigenvalue weighted by Gasteiger charge is -2.09. The highest BCUT2D eigenvalue weighted by molar-refractivity contribution is 7.17. The molecule has 0 bridgehead atoms. The molecule has 3 aromatic heterocycles. The third-order valence-electron chi connectivity index (χ3n) is 4.42. The highest BCUT2D eigenvalue weighted by Crippen LogP contribution is 2.26. The smallest absolute Gasteiger partial charge is 0.350 e. The first-order valence-electron chi connectivity index (χ1n) is 9.13. The van der Waals surface area contributed by atoms with Gasteiger partial charge in [-0.1, -0.05) is 41.7 Å².